The second kappa shape index (κ2) is 9.16. The number of carbonyl (C=O) groups is 1. The van der Waals surface area contributed by atoms with Crippen LogP contribution in [0.1, 0.15) is 19.3 Å². The van der Waals surface area contributed by atoms with Gasteiger partial charge in [-0.1, -0.05) is 35.3 Å². The number of amides is 1. The number of aromatic nitrogens is 1. The topological polar surface area (TPSA) is 37.6 Å². The summed E-state index contributed by atoms with van der Waals surface area (Å²) in [4.78, 5) is 19.6. The van der Waals surface area contributed by atoms with E-state index < -0.39 is 0 Å². The van der Waals surface area contributed by atoms with E-state index >= 15 is 0 Å². The third-order valence-corrected chi connectivity index (χ3v) is 6.34. The maximum Gasteiger partial charge on any atom is 0.222 e. The number of rotatable bonds is 6. The van der Waals surface area contributed by atoms with Crippen molar-refractivity contribution in [2.75, 3.05) is 13.1 Å². The molecule has 0 unspecified atom stereocenters. The molecule has 0 spiro atoms. The molecule has 2 aromatic carbocycles. The van der Waals surface area contributed by atoms with Crippen LogP contribution in [0.3, 0.4) is 0 Å². The first-order valence-corrected chi connectivity index (χ1v) is 11.3. The molecule has 1 aliphatic heterocycles. The van der Waals surface area contributed by atoms with Crippen LogP contribution in [0.4, 0.5) is 5.69 Å². The van der Waals surface area contributed by atoms with Crippen molar-refractivity contribution in [1.29, 1.82) is 0 Å². The molecule has 1 amide bonds. The monoisotopic (exact) mass is 445 g/mol. The Hall–Kier alpha value is -2.08. The van der Waals surface area contributed by atoms with Gasteiger partial charge < -0.3 is 9.47 Å². The minimum atomic E-state index is 0.268. The number of hydrogen-bond acceptors (Lipinski definition) is 3. The molecule has 1 fully saturated rings. The number of carbonyl (C=O) groups excluding carboxylic acids is 1. The Morgan fingerprint density at radius 1 is 0.966 bits per heavy atom. The number of nitrogens with zero attached hydrogens (tertiary/aromatic N) is 3. The van der Waals surface area contributed by atoms with Gasteiger partial charge in [0.2, 0.25) is 5.91 Å². The van der Waals surface area contributed by atoms with E-state index in [4.69, 9.17) is 28.2 Å². The fraction of sp³-hybridized carbons (Fsp3) is 0.273. The summed E-state index contributed by atoms with van der Waals surface area (Å²) in [7, 11) is 0. The minimum Gasteiger partial charge on any atom is -0.343 e. The fourth-order valence-corrected chi connectivity index (χ4v) is 4.68. The Kier molecular flexibility index (Phi) is 6.38. The Morgan fingerprint density at radius 3 is 2.31 bits per heavy atom. The molecule has 4 nitrogen and oxygen atoms in total. The van der Waals surface area contributed by atoms with E-state index in [1.54, 1.807) is 11.3 Å². The molecule has 2 heterocycles. The highest BCUT2D eigenvalue weighted by Crippen LogP contribution is 2.24. The van der Waals surface area contributed by atoms with Gasteiger partial charge in [-0.15, -0.1) is 11.3 Å². The van der Waals surface area contributed by atoms with E-state index in [1.165, 1.54) is 0 Å². The average molecular weight is 446 g/mol. The highest BCUT2D eigenvalue weighted by Gasteiger charge is 2.19. The van der Waals surface area contributed by atoms with Gasteiger partial charge in [0.1, 0.15) is 0 Å². The molecule has 1 aliphatic rings. The molecule has 0 bridgehead atoms. The molecule has 0 saturated carbocycles. The zero-order valence-electron chi connectivity index (χ0n) is 15.9. The van der Waals surface area contributed by atoms with Crippen LogP contribution >= 0.6 is 34.5 Å². The van der Waals surface area contributed by atoms with Crippen molar-refractivity contribution in [2.45, 2.75) is 25.8 Å². The Balaban J connectivity index is 1.64. The molecule has 7 heteroatoms. The standard InChI is InChI=1S/C22H21Cl2N3OS/c23-17-6-4-16(5-7-17)20-15-29-22(25-19-10-8-18(24)9-11-19)27(20)14-2-13-26-12-1-3-21(26)28/h4-11,15H,1-3,12-14H2. The molecule has 0 atom stereocenters. The van der Waals surface area contributed by atoms with Crippen LogP contribution < -0.4 is 4.80 Å². The van der Waals surface area contributed by atoms with Crippen LogP contribution in [0.5, 0.6) is 0 Å². The van der Waals surface area contributed by atoms with Gasteiger partial charge in [0.25, 0.3) is 0 Å². The van der Waals surface area contributed by atoms with Crippen molar-refractivity contribution in [1.82, 2.24) is 9.47 Å². The van der Waals surface area contributed by atoms with Gasteiger partial charge in [-0.25, -0.2) is 4.99 Å². The van der Waals surface area contributed by atoms with E-state index in [2.05, 4.69) is 9.95 Å². The van der Waals surface area contributed by atoms with Crippen molar-refractivity contribution in [3.8, 4) is 11.3 Å². The smallest absolute Gasteiger partial charge is 0.222 e. The number of halogens is 2. The molecule has 1 saturated heterocycles. The lowest BCUT2D eigenvalue weighted by Gasteiger charge is -2.16. The van der Waals surface area contributed by atoms with E-state index in [1.807, 2.05) is 53.4 Å². The quantitative estimate of drug-likeness (QED) is 0.474. The van der Waals surface area contributed by atoms with Crippen molar-refractivity contribution >= 4 is 46.1 Å². The molecule has 0 radical (unpaired) electrons. The molecule has 0 aliphatic carbocycles. The maximum absolute atomic E-state index is 11.9. The van der Waals surface area contributed by atoms with Gasteiger partial charge in [0.05, 0.1) is 11.4 Å². The number of thiazole rings is 1. The highest BCUT2D eigenvalue weighted by atomic mass is 35.5. The number of hydrogen-bond donors (Lipinski definition) is 0. The van der Waals surface area contributed by atoms with Crippen LogP contribution in [-0.2, 0) is 11.3 Å². The summed E-state index contributed by atoms with van der Waals surface area (Å²) in [6.07, 6.45) is 2.53. The fourth-order valence-electron chi connectivity index (χ4n) is 3.47. The van der Waals surface area contributed by atoms with Crippen LogP contribution in [0.2, 0.25) is 10.0 Å². The van der Waals surface area contributed by atoms with Gasteiger partial charge in [0.15, 0.2) is 4.80 Å². The Morgan fingerprint density at radius 2 is 1.66 bits per heavy atom. The van der Waals surface area contributed by atoms with Crippen molar-refractivity contribution in [2.24, 2.45) is 4.99 Å². The van der Waals surface area contributed by atoms with Crippen molar-refractivity contribution in [3.05, 3.63) is 68.8 Å². The van der Waals surface area contributed by atoms with Gasteiger partial charge in [-0.2, -0.15) is 0 Å². The van der Waals surface area contributed by atoms with Gasteiger partial charge in [0, 0.05) is 41.5 Å². The lowest BCUT2D eigenvalue weighted by Crippen LogP contribution is -2.27. The van der Waals surface area contributed by atoms with E-state index in [9.17, 15) is 4.79 Å². The second-order valence-electron chi connectivity index (χ2n) is 6.99. The van der Waals surface area contributed by atoms with Crippen LogP contribution in [0.25, 0.3) is 11.3 Å². The minimum absolute atomic E-state index is 0.268. The van der Waals surface area contributed by atoms with Gasteiger partial charge >= 0.3 is 0 Å². The first-order chi connectivity index (χ1) is 14.1. The van der Waals surface area contributed by atoms with Gasteiger partial charge in [-0.3, -0.25) is 4.79 Å². The summed E-state index contributed by atoms with van der Waals surface area (Å²) in [5.74, 6) is 0.268. The molecule has 1 aromatic heterocycles. The lowest BCUT2D eigenvalue weighted by molar-refractivity contribution is -0.127. The van der Waals surface area contributed by atoms with E-state index in [-0.39, 0.29) is 5.91 Å². The summed E-state index contributed by atoms with van der Waals surface area (Å²) in [5.41, 5.74) is 3.06. The third kappa shape index (κ3) is 4.92. The van der Waals surface area contributed by atoms with Crippen LogP contribution in [-0.4, -0.2) is 28.5 Å². The Bertz CT molecular complexity index is 1050. The van der Waals surface area contributed by atoms with Crippen molar-refractivity contribution < 1.29 is 4.79 Å². The van der Waals surface area contributed by atoms with Gasteiger partial charge in [-0.05, 0) is 54.8 Å². The molecule has 29 heavy (non-hydrogen) atoms. The summed E-state index contributed by atoms with van der Waals surface area (Å²) in [5, 5.41) is 3.54. The summed E-state index contributed by atoms with van der Waals surface area (Å²) in [6, 6.07) is 15.4. The summed E-state index contributed by atoms with van der Waals surface area (Å²) in [6.45, 7) is 2.44. The Labute approximate surface area is 184 Å². The summed E-state index contributed by atoms with van der Waals surface area (Å²) >= 11 is 13.7. The molecule has 3 aromatic rings. The first-order valence-electron chi connectivity index (χ1n) is 9.62. The van der Waals surface area contributed by atoms with Crippen LogP contribution in [0.15, 0.2) is 58.9 Å². The molecule has 0 N–H and O–H groups in total. The zero-order valence-corrected chi connectivity index (χ0v) is 18.2. The SMILES string of the molecule is O=C1CCCN1CCCn1c(-c2ccc(Cl)cc2)csc1=Nc1ccc(Cl)cc1. The van der Waals surface area contributed by atoms with E-state index in [0.717, 1.165) is 54.2 Å². The molecule has 150 valence electrons. The molecular weight excluding hydrogens is 425 g/mol. The normalized spacial score (nSPS) is 14.8. The molecule has 4 rings (SSSR count). The van der Waals surface area contributed by atoms with Crippen molar-refractivity contribution in [3.63, 3.8) is 0 Å². The first kappa shape index (κ1) is 20.2. The number of likely N-dealkylation sites (tertiary alicyclic amines) is 1. The highest BCUT2D eigenvalue weighted by molar-refractivity contribution is 7.07. The maximum atomic E-state index is 11.9. The van der Waals surface area contributed by atoms with E-state index in [0.29, 0.717) is 16.5 Å². The average Bonchev–Trinajstić information content (AvgIpc) is 3.31. The summed E-state index contributed by atoms with van der Waals surface area (Å²) < 4.78 is 2.23. The number of benzene rings is 2. The largest absolute Gasteiger partial charge is 0.343 e. The van der Waals surface area contributed by atoms with Crippen LogP contribution in [0, 0.1) is 0 Å². The predicted octanol–water partition coefficient (Wildman–Crippen LogP) is 5.77. The zero-order chi connectivity index (χ0) is 20.2. The second-order valence-corrected chi connectivity index (χ2v) is 8.70. The third-order valence-electron chi connectivity index (χ3n) is 4.97. The molecular formula is C22H21Cl2N3OS. The predicted molar refractivity (Wildman–Crippen MR) is 120 cm³/mol. The lowest BCUT2D eigenvalue weighted by atomic mass is 10.2.